The van der Waals surface area contributed by atoms with E-state index < -0.39 is 18.6 Å². The lowest BCUT2D eigenvalue weighted by Gasteiger charge is -2.20. The Bertz CT molecular complexity index is 1370. The fourth-order valence-corrected chi connectivity index (χ4v) is 3.59. The molecule has 0 spiro atoms. The van der Waals surface area contributed by atoms with Gasteiger partial charge in [0.25, 0.3) is 0 Å². The Balaban J connectivity index is 1.37. The molecule has 37 heavy (non-hydrogen) atoms. The maximum Gasteiger partial charge on any atom is 0.416 e. The normalized spacial score (nSPS) is 10.7. The van der Waals surface area contributed by atoms with E-state index in [0.717, 1.165) is 21.6 Å². The number of carbonyl (C=O) groups is 2. The van der Waals surface area contributed by atoms with Crippen molar-refractivity contribution in [3.05, 3.63) is 100 Å². The summed E-state index contributed by atoms with van der Waals surface area (Å²) in [6, 6.07) is 21.2. The Hall–Kier alpha value is -4.30. The third-order valence-corrected chi connectivity index (χ3v) is 5.72. The largest absolute Gasteiger partial charge is 0.487 e. The van der Waals surface area contributed by atoms with Crippen LogP contribution in [0.2, 0.25) is 5.02 Å². The summed E-state index contributed by atoms with van der Waals surface area (Å²) in [7, 11) is 0. The summed E-state index contributed by atoms with van der Waals surface area (Å²) in [5.74, 6) is 0.933. The molecule has 0 saturated heterocycles. The van der Waals surface area contributed by atoms with Crippen LogP contribution in [0.5, 0.6) is 11.5 Å². The number of aliphatic carboxylic acids is 1. The number of hydrogen-bond donors (Lipinski definition) is 1. The number of rotatable bonds is 9. The second-order valence-corrected chi connectivity index (χ2v) is 8.83. The van der Waals surface area contributed by atoms with E-state index >= 15 is 0 Å². The van der Waals surface area contributed by atoms with Crippen molar-refractivity contribution >= 4 is 23.7 Å². The number of carboxylic acids is 1. The molecule has 0 unspecified atom stereocenters. The van der Waals surface area contributed by atoms with E-state index in [9.17, 15) is 14.7 Å². The Morgan fingerprint density at radius 1 is 0.946 bits per heavy atom. The number of carbonyl (C=O) groups excluding carboxylic acids is 1. The molecule has 190 valence electrons. The molecule has 0 aliphatic rings. The van der Waals surface area contributed by atoms with E-state index in [1.54, 1.807) is 48.5 Å². The van der Waals surface area contributed by atoms with Crippen molar-refractivity contribution in [3.63, 3.8) is 0 Å². The van der Waals surface area contributed by atoms with Crippen molar-refractivity contribution in [2.24, 2.45) is 0 Å². The second-order valence-electron chi connectivity index (χ2n) is 8.39. The highest BCUT2D eigenvalue weighted by Crippen LogP contribution is 2.24. The number of benzene rings is 3. The van der Waals surface area contributed by atoms with Gasteiger partial charge < -0.3 is 19.0 Å². The number of nitrogens with zero attached hydrogens (tertiary/aromatic N) is 2. The third kappa shape index (κ3) is 7.11. The highest BCUT2D eigenvalue weighted by molar-refractivity contribution is 6.30. The van der Waals surface area contributed by atoms with Gasteiger partial charge in [-0.15, -0.1) is 0 Å². The molecule has 9 heteroatoms. The number of carboxylic acid groups (broad SMARTS) is 1. The lowest BCUT2D eigenvalue weighted by molar-refractivity contribution is -0.138. The molecule has 1 N–H and O–H groups in total. The van der Waals surface area contributed by atoms with Crippen molar-refractivity contribution in [3.8, 4) is 23.0 Å². The van der Waals surface area contributed by atoms with Crippen molar-refractivity contribution in [1.82, 2.24) is 9.88 Å². The summed E-state index contributed by atoms with van der Waals surface area (Å²) in [5.41, 5.74) is 3.22. The third-order valence-electron chi connectivity index (χ3n) is 5.47. The van der Waals surface area contributed by atoms with E-state index in [0.29, 0.717) is 33.9 Å². The van der Waals surface area contributed by atoms with Gasteiger partial charge in [0.15, 0.2) is 0 Å². The lowest BCUT2D eigenvalue weighted by Crippen LogP contribution is -2.37. The predicted molar refractivity (Wildman–Crippen MR) is 138 cm³/mol. The first kappa shape index (κ1) is 25.8. The first-order chi connectivity index (χ1) is 17.8. The molecule has 0 radical (unpaired) electrons. The van der Waals surface area contributed by atoms with Gasteiger partial charge in [-0.2, -0.15) is 0 Å². The maximum atomic E-state index is 12.6. The molecular weight excluding hydrogens is 496 g/mol. The fourth-order valence-electron chi connectivity index (χ4n) is 3.46. The molecule has 0 atom stereocenters. The molecule has 0 fully saturated rings. The number of hydrogen-bond acceptors (Lipinski definition) is 6. The van der Waals surface area contributed by atoms with E-state index in [1.165, 1.54) is 0 Å². The monoisotopic (exact) mass is 520 g/mol. The zero-order chi connectivity index (χ0) is 26.4. The highest BCUT2D eigenvalue weighted by atomic mass is 35.5. The van der Waals surface area contributed by atoms with Crippen molar-refractivity contribution in [2.45, 2.75) is 27.0 Å². The minimum Gasteiger partial charge on any atom is -0.487 e. The maximum absolute atomic E-state index is 12.6. The molecule has 1 amide bonds. The zero-order valence-electron chi connectivity index (χ0n) is 20.3. The zero-order valence-corrected chi connectivity index (χ0v) is 21.1. The van der Waals surface area contributed by atoms with Crippen molar-refractivity contribution in [2.75, 3.05) is 6.54 Å². The molecule has 0 bridgehead atoms. The SMILES string of the molecule is Cc1ccc(OC(=O)N(CC(=O)O)Cc2ccc(OCc3nc(-c4ccc(Cl)cc4)oc3C)cc2)cc1. The molecular formula is C28H25ClN2O6. The van der Waals surface area contributed by atoms with E-state index in [-0.39, 0.29) is 13.2 Å². The van der Waals surface area contributed by atoms with Gasteiger partial charge in [0.1, 0.15) is 36.1 Å². The molecule has 0 aliphatic heterocycles. The van der Waals surface area contributed by atoms with Crippen LogP contribution in [0.15, 0.2) is 77.2 Å². The van der Waals surface area contributed by atoms with Crippen LogP contribution < -0.4 is 9.47 Å². The van der Waals surface area contributed by atoms with Crippen LogP contribution in [-0.2, 0) is 17.9 Å². The van der Waals surface area contributed by atoms with Crippen LogP contribution in [0.25, 0.3) is 11.5 Å². The van der Waals surface area contributed by atoms with Gasteiger partial charge in [-0.25, -0.2) is 9.78 Å². The van der Waals surface area contributed by atoms with Crippen LogP contribution in [0.3, 0.4) is 0 Å². The Kier molecular flexibility index (Phi) is 8.10. The van der Waals surface area contributed by atoms with Crippen molar-refractivity contribution in [1.29, 1.82) is 0 Å². The molecule has 4 rings (SSSR count). The Morgan fingerprint density at radius 3 is 2.24 bits per heavy atom. The van der Waals surface area contributed by atoms with Gasteiger partial charge in [0.05, 0.1) is 0 Å². The van der Waals surface area contributed by atoms with Gasteiger partial charge in [0, 0.05) is 17.1 Å². The first-order valence-corrected chi connectivity index (χ1v) is 11.8. The second kappa shape index (κ2) is 11.6. The summed E-state index contributed by atoms with van der Waals surface area (Å²) < 4.78 is 17.0. The Morgan fingerprint density at radius 2 is 1.59 bits per heavy atom. The van der Waals surface area contributed by atoms with Gasteiger partial charge in [-0.3, -0.25) is 9.69 Å². The minimum atomic E-state index is -1.14. The molecule has 1 aromatic heterocycles. The fraction of sp³-hybridized carbons (Fsp3) is 0.179. The quantitative estimate of drug-likeness (QED) is 0.277. The summed E-state index contributed by atoms with van der Waals surface area (Å²) in [6.07, 6.45) is -0.746. The first-order valence-electron chi connectivity index (χ1n) is 11.5. The lowest BCUT2D eigenvalue weighted by atomic mass is 10.2. The van der Waals surface area contributed by atoms with Gasteiger partial charge in [-0.05, 0) is 67.9 Å². The molecule has 8 nitrogen and oxygen atoms in total. The van der Waals surface area contributed by atoms with Crippen LogP contribution in [0.1, 0.15) is 22.6 Å². The van der Waals surface area contributed by atoms with Crippen LogP contribution in [0.4, 0.5) is 4.79 Å². The summed E-state index contributed by atoms with van der Waals surface area (Å²) >= 11 is 5.94. The topological polar surface area (TPSA) is 102 Å². The van der Waals surface area contributed by atoms with E-state index in [1.807, 2.05) is 38.1 Å². The number of oxazole rings is 1. The van der Waals surface area contributed by atoms with Gasteiger partial charge in [-0.1, -0.05) is 41.4 Å². The van der Waals surface area contributed by atoms with Gasteiger partial charge in [0.2, 0.25) is 5.89 Å². The average molecular weight is 521 g/mol. The standard InChI is InChI=1S/C28H25ClN2O6/c1-18-3-11-24(12-4-18)37-28(34)31(16-26(32)33)15-20-5-13-23(14-6-20)35-17-25-19(2)36-27(30-25)21-7-9-22(29)10-8-21/h3-14H,15-17H2,1-2H3,(H,32,33). The van der Waals surface area contributed by atoms with E-state index in [2.05, 4.69) is 4.98 Å². The van der Waals surface area contributed by atoms with Crippen LogP contribution in [-0.4, -0.2) is 33.6 Å². The average Bonchev–Trinajstić information content (AvgIpc) is 3.25. The van der Waals surface area contributed by atoms with Crippen LogP contribution in [0, 0.1) is 13.8 Å². The highest BCUT2D eigenvalue weighted by Gasteiger charge is 2.20. The number of aryl methyl sites for hydroxylation is 2. The molecule has 0 saturated carbocycles. The minimum absolute atomic E-state index is 0.0596. The Labute approximate surface area is 219 Å². The number of amides is 1. The molecule has 4 aromatic rings. The number of halogens is 1. The molecule has 0 aliphatic carbocycles. The van der Waals surface area contributed by atoms with Crippen molar-refractivity contribution < 1.29 is 28.6 Å². The van der Waals surface area contributed by atoms with Crippen LogP contribution >= 0.6 is 11.6 Å². The molecule has 1 heterocycles. The predicted octanol–water partition coefficient (Wildman–Crippen LogP) is 6.28. The smallest absolute Gasteiger partial charge is 0.416 e. The number of ether oxygens (including phenoxy) is 2. The van der Waals surface area contributed by atoms with Gasteiger partial charge >= 0.3 is 12.1 Å². The number of aromatic nitrogens is 1. The summed E-state index contributed by atoms with van der Waals surface area (Å²) in [6.45, 7) is 3.51. The molecule has 3 aromatic carbocycles. The van der Waals surface area contributed by atoms with E-state index in [4.69, 9.17) is 25.5 Å². The summed E-state index contributed by atoms with van der Waals surface area (Å²) in [4.78, 5) is 29.6. The summed E-state index contributed by atoms with van der Waals surface area (Å²) in [5, 5.41) is 9.89.